The molecule has 1 aromatic carbocycles. The molecule has 0 radical (unpaired) electrons. The van der Waals surface area contributed by atoms with Gasteiger partial charge in [0, 0.05) is 18.2 Å². The molecule has 10 nitrogen and oxygen atoms in total. The molecule has 4 heterocycles. The van der Waals surface area contributed by atoms with E-state index in [1.807, 2.05) is 38.1 Å². The summed E-state index contributed by atoms with van der Waals surface area (Å²) in [6.45, 7) is 6.19. The number of carbonyl (C=O) groups is 2. The first-order chi connectivity index (χ1) is 16.4. The number of imidazole rings is 1. The fraction of sp³-hybridized carbons (Fsp3) is 0.435. The fourth-order valence-corrected chi connectivity index (χ4v) is 5.49. The predicted octanol–water partition coefficient (Wildman–Crippen LogP) is 3.50. The fourth-order valence-electron chi connectivity index (χ4n) is 4.75. The summed E-state index contributed by atoms with van der Waals surface area (Å²) >= 11 is 1.28. The third kappa shape index (κ3) is 4.15. The minimum absolute atomic E-state index is 0.0856. The topological polar surface area (TPSA) is 111 Å². The molecule has 1 aliphatic heterocycles. The van der Waals surface area contributed by atoms with E-state index in [0.29, 0.717) is 22.5 Å². The van der Waals surface area contributed by atoms with E-state index in [2.05, 4.69) is 34.5 Å². The maximum atomic E-state index is 13.3. The van der Waals surface area contributed by atoms with Gasteiger partial charge in [-0.3, -0.25) is 18.6 Å². The molecule has 5 rings (SSSR count). The molecule has 2 unspecified atom stereocenters. The largest absolute Gasteiger partial charge is 0.360 e. The summed E-state index contributed by atoms with van der Waals surface area (Å²) in [7, 11) is 0. The number of amides is 2. The number of aromatic nitrogens is 5. The van der Waals surface area contributed by atoms with Crippen LogP contribution in [0.15, 0.2) is 40.0 Å². The van der Waals surface area contributed by atoms with Crippen LogP contribution in [0.1, 0.15) is 38.9 Å². The molecule has 1 fully saturated rings. The first-order valence-corrected chi connectivity index (χ1v) is 12.4. The molecule has 0 saturated carbocycles. The van der Waals surface area contributed by atoms with E-state index in [1.165, 1.54) is 11.8 Å². The lowest BCUT2D eigenvalue weighted by atomic mass is 9.97. The number of likely N-dealkylation sites (tertiary alicyclic amines) is 1. The molecule has 1 saturated heterocycles. The number of rotatable bonds is 6. The summed E-state index contributed by atoms with van der Waals surface area (Å²) in [5.41, 5.74) is 1.80. The third-order valence-electron chi connectivity index (χ3n) is 6.27. The number of piperidine rings is 1. The van der Waals surface area contributed by atoms with Crippen LogP contribution in [0.25, 0.3) is 16.8 Å². The van der Waals surface area contributed by atoms with E-state index >= 15 is 0 Å². The van der Waals surface area contributed by atoms with Crippen molar-refractivity contribution in [2.45, 2.75) is 63.8 Å². The summed E-state index contributed by atoms with van der Waals surface area (Å²) in [6.07, 6.45) is 3.20. The lowest BCUT2D eigenvalue weighted by molar-refractivity contribution is -0.137. The molecule has 1 aliphatic rings. The van der Waals surface area contributed by atoms with Crippen molar-refractivity contribution in [3.05, 3.63) is 36.1 Å². The molecule has 2 atom stereocenters. The van der Waals surface area contributed by atoms with Crippen molar-refractivity contribution in [1.29, 1.82) is 0 Å². The number of carbonyl (C=O) groups excluding carboxylic acids is 2. The van der Waals surface area contributed by atoms with E-state index < -0.39 is 0 Å². The second-order valence-electron chi connectivity index (χ2n) is 8.78. The van der Waals surface area contributed by atoms with Gasteiger partial charge < -0.3 is 14.7 Å². The minimum atomic E-state index is -0.220. The van der Waals surface area contributed by atoms with Crippen molar-refractivity contribution in [3.8, 4) is 0 Å². The Labute approximate surface area is 200 Å². The van der Waals surface area contributed by atoms with Gasteiger partial charge in [0.25, 0.3) is 0 Å². The van der Waals surface area contributed by atoms with E-state index in [9.17, 15) is 9.59 Å². The second-order valence-corrected chi connectivity index (χ2v) is 9.72. The van der Waals surface area contributed by atoms with E-state index in [4.69, 9.17) is 4.52 Å². The Kier molecular flexibility index (Phi) is 6.03. The number of anilines is 1. The highest BCUT2D eigenvalue weighted by molar-refractivity contribution is 7.99. The Hall–Kier alpha value is -3.34. The van der Waals surface area contributed by atoms with Gasteiger partial charge in [0.1, 0.15) is 12.3 Å². The Morgan fingerprint density at radius 1 is 1.15 bits per heavy atom. The van der Waals surface area contributed by atoms with Gasteiger partial charge in [0.15, 0.2) is 11.0 Å². The van der Waals surface area contributed by atoms with Crippen molar-refractivity contribution >= 4 is 46.2 Å². The average Bonchev–Trinajstić information content (AvgIpc) is 3.48. The molecule has 34 heavy (non-hydrogen) atoms. The average molecular weight is 482 g/mol. The summed E-state index contributed by atoms with van der Waals surface area (Å²) in [5, 5.41) is 15.8. The summed E-state index contributed by atoms with van der Waals surface area (Å²) in [4.78, 5) is 27.7. The van der Waals surface area contributed by atoms with Crippen molar-refractivity contribution in [2.75, 3.05) is 11.1 Å². The van der Waals surface area contributed by atoms with Gasteiger partial charge in [-0.15, -0.1) is 10.2 Å². The van der Waals surface area contributed by atoms with Crippen LogP contribution in [-0.2, 0) is 16.1 Å². The SMILES string of the molecule is Cc1cc(NC(=O)CSc2nnc3n(CC(=O)N4C(C)CCCC4C)c4ccccc4n23)no1. The van der Waals surface area contributed by atoms with Crippen LogP contribution >= 0.6 is 11.8 Å². The van der Waals surface area contributed by atoms with E-state index in [1.54, 1.807) is 13.0 Å². The zero-order chi connectivity index (χ0) is 23.8. The Bertz CT molecular complexity index is 1350. The number of hydrogen-bond acceptors (Lipinski definition) is 7. The molecule has 0 aliphatic carbocycles. The first-order valence-electron chi connectivity index (χ1n) is 11.4. The summed E-state index contributed by atoms with van der Waals surface area (Å²) in [6, 6.07) is 9.96. The van der Waals surface area contributed by atoms with E-state index in [0.717, 1.165) is 30.3 Å². The molecule has 3 aromatic heterocycles. The monoisotopic (exact) mass is 481 g/mol. The quantitative estimate of drug-likeness (QED) is 0.420. The standard InChI is InChI=1S/C23H27N7O3S/c1-14-7-6-8-15(2)29(14)21(32)12-28-17-9-4-5-10-18(17)30-22(28)25-26-23(30)34-13-20(31)24-19-11-16(3)33-27-19/h4-5,9-11,14-15H,6-8,12-13H2,1-3H3,(H,24,27,31). The number of hydrogen-bond donors (Lipinski definition) is 1. The van der Waals surface area contributed by atoms with Crippen molar-refractivity contribution in [2.24, 2.45) is 0 Å². The number of para-hydroxylation sites is 2. The molecule has 0 spiro atoms. The van der Waals surface area contributed by atoms with Crippen molar-refractivity contribution < 1.29 is 14.1 Å². The van der Waals surface area contributed by atoms with Crippen LogP contribution in [0.5, 0.6) is 0 Å². The predicted molar refractivity (Wildman–Crippen MR) is 129 cm³/mol. The van der Waals surface area contributed by atoms with Crippen LogP contribution in [0, 0.1) is 6.92 Å². The van der Waals surface area contributed by atoms with Gasteiger partial charge >= 0.3 is 0 Å². The number of thioether (sulfide) groups is 1. The Balaban J connectivity index is 1.40. The van der Waals surface area contributed by atoms with Crippen LogP contribution in [0.3, 0.4) is 0 Å². The Morgan fingerprint density at radius 3 is 2.59 bits per heavy atom. The lowest BCUT2D eigenvalue weighted by Gasteiger charge is -2.39. The summed E-state index contributed by atoms with van der Waals surface area (Å²) in [5.74, 6) is 1.59. The molecule has 178 valence electrons. The molecule has 2 amide bonds. The van der Waals surface area contributed by atoms with Gasteiger partial charge in [0.05, 0.1) is 16.8 Å². The van der Waals surface area contributed by atoms with Gasteiger partial charge in [-0.1, -0.05) is 29.1 Å². The Morgan fingerprint density at radius 2 is 1.88 bits per heavy atom. The highest BCUT2D eigenvalue weighted by Crippen LogP contribution is 2.28. The van der Waals surface area contributed by atoms with Crippen LogP contribution in [0.2, 0.25) is 0 Å². The van der Waals surface area contributed by atoms with Crippen molar-refractivity contribution in [3.63, 3.8) is 0 Å². The van der Waals surface area contributed by atoms with Crippen LogP contribution in [0.4, 0.5) is 5.82 Å². The maximum absolute atomic E-state index is 13.3. The zero-order valence-electron chi connectivity index (χ0n) is 19.4. The van der Waals surface area contributed by atoms with Crippen LogP contribution < -0.4 is 5.32 Å². The lowest BCUT2D eigenvalue weighted by Crippen LogP contribution is -2.48. The highest BCUT2D eigenvalue weighted by atomic mass is 32.2. The van der Waals surface area contributed by atoms with Gasteiger partial charge in [-0.2, -0.15) is 0 Å². The summed E-state index contributed by atoms with van der Waals surface area (Å²) < 4.78 is 8.81. The molecule has 11 heteroatoms. The number of benzene rings is 1. The molecule has 1 N–H and O–H groups in total. The number of nitrogens with zero attached hydrogens (tertiary/aromatic N) is 6. The number of aryl methyl sites for hydroxylation is 1. The van der Waals surface area contributed by atoms with E-state index in [-0.39, 0.29) is 36.2 Å². The normalized spacial score (nSPS) is 18.6. The highest BCUT2D eigenvalue weighted by Gasteiger charge is 2.30. The van der Waals surface area contributed by atoms with Crippen molar-refractivity contribution in [1.82, 2.24) is 29.2 Å². The zero-order valence-corrected chi connectivity index (χ0v) is 20.2. The molecule has 0 bridgehead atoms. The second kappa shape index (κ2) is 9.13. The van der Waals surface area contributed by atoms with Gasteiger partial charge in [-0.25, -0.2) is 0 Å². The molecular weight excluding hydrogens is 454 g/mol. The number of fused-ring (bicyclic) bond motifs is 3. The smallest absolute Gasteiger partial charge is 0.243 e. The maximum Gasteiger partial charge on any atom is 0.243 e. The van der Waals surface area contributed by atoms with Crippen LogP contribution in [-0.4, -0.2) is 58.9 Å². The minimum Gasteiger partial charge on any atom is -0.360 e. The third-order valence-corrected chi connectivity index (χ3v) is 7.20. The number of nitrogens with one attached hydrogen (secondary N) is 1. The first kappa shape index (κ1) is 22.5. The van der Waals surface area contributed by atoms with Gasteiger partial charge in [-0.05, 0) is 52.2 Å². The molecular formula is C23H27N7O3S. The van der Waals surface area contributed by atoms with Gasteiger partial charge in [0.2, 0.25) is 17.6 Å². The molecule has 4 aromatic rings.